The molecule has 0 aliphatic rings. The van der Waals surface area contributed by atoms with E-state index in [-0.39, 0.29) is 5.69 Å². The molecular formula is C13H10N4O3S. The minimum absolute atomic E-state index is 0.0662. The van der Waals surface area contributed by atoms with E-state index in [2.05, 4.69) is 15.5 Å². The molecule has 0 spiro atoms. The molecule has 0 aliphatic heterocycles. The molecule has 1 N–H and O–H groups in total. The van der Waals surface area contributed by atoms with Crippen LogP contribution in [0.1, 0.15) is 5.56 Å². The number of aromatic nitrogens is 2. The first kappa shape index (κ1) is 13.3. The van der Waals surface area contributed by atoms with E-state index in [1.54, 1.807) is 12.1 Å². The van der Waals surface area contributed by atoms with Crippen molar-refractivity contribution in [1.29, 1.82) is 0 Å². The van der Waals surface area contributed by atoms with E-state index in [4.69, 9.17) is 4.42 Å². The number of thiophene rings is 1. The van der Waals surface area contributed by atoms with Gasteiger partial charge in [-0.05, 0) is 17.0 Å². The Labute approximate surface area is 123 Å². The van der Waals surface area contributed by atoms with Gasteiger partial charge >= 0.3 is 6.01 Å². The monoisotopic (exact) mass is 302 g/mol. The number of benzene rings is 1. The highest BCUT2D eigenvalue weighted by Gasteiger charge is 2.09. The largest absolute Gasteiger partial charge is 0.403 e. The van der Waals surface area contributed by atoms with E-state index >= 15 is 0 Å². The van der Waals surface area contributed by atoms with Crippen molar-refractivity contribution in [3.05, 3.63) is 57.5 Å². The van der Waals surface area contributed by atoms with Crippen molar-refractivity contribution in [2.45, 2.75) is 6.54 Å². The van der Waals surface area contributed by atoms with Crippen LogP contribution in [0.5, 0.6) is 0 Å². The van der Waals surface area contributed by atoms with Crippen molar-refractivity contribution in [1.82, 2.24) is 10.2 Å². The van der Waals surface area contributed by atoms with Gasteiger partial charge in [0, 0.05) is 18.7 Å². The second-order valence-electron chi connectivity index (χ2n) is 4.17. The van der Waals surface area contributed by atoms with Crippen LogP contribution in [0.4, 0.5) is 11.7 Å². The molecule has 0 saturated carbocycles. The molecule has 0 unspecified atom stereocenters. The van der Waals surface area contributed by atoms with Crippen LogP contribution in [0, 0.1) is 10.1 Å². The van der Waals surface area contributed by atoms with E-state index in [9.17, 15) is 10.1 Å². The van der Waals surface area contributed by atoms with Crippen LogP contribution < -0.4 is 5.32 Å². The van der Waals surface area contributed by atoms with Gasteiger partial charge in [-0.25, -0.2) is 0 Å². The number of hydrogen-bond acceptors (Lipinski definition) is 7. The number of rotatable bonds is 5. The Kier molecular flexibility index (Phi) is 3.61. The van der Waals surface area contributed by atoms with Gasteiger partial charge in [0.15, 0.2) is 0 Å². The summed E-state index contributed by atoms with van der Waals surface area (Å²) in [6, 6.07) is 10.4. The molecule has 0 saturated heterocycles. The summed E-state index contributed by atoms with van der Waals surface area (Å²) in [6.45, 7) is 0.448. The number of nitrogens with one attached hydrogen (secondary N) is 1. The number of nitro groups is 1. The predicted octanol–water partition coefficient (Wildman–Crippen LogP) is 3.32. The second kappa shape index (κ2) is 5.71. The van der Waals surface area contributed by atoms with Crippen LogP contribution in [-0.2, 0) is 6.54 Å². The van der Waals surface area contributed by atoms with E-state index in [0.717, 1.165) is 10.4 Å². The van der Waals surface area contributed by atoms with E-state index in [0.29, 0.717) is 18.5 Å². The zero-order valence-electron chi connectivity index (χ0n) is 10.7. The smallest absolute Gasteiger partial charge is 0.316 e. The van der Waals surface area contributed by atoms with Crippen molar-refractivity contribution >= 4 is 23.0 Å². The molecule has 0 radical (unpaired) electrons. The van der Waals surface area contributed by atoms with Gasteiger partial charge in [0.25, 0.3) is 11.6 Å². The van der Waals surface area contributed by atoms with Crippen molar-refractivity contribution < 1.29 is 9.34 Å². The Bertz CT molecular complexity index is 737. The van der Waals surface area contributed by atoms with Gasteiger partial charge < -0.3 is 9.73 Å². The molecule has 2 heterocycles. The number of anilines is 1. The first-order chi connectivity index (χ1) is 10.2. The lowest BCUT2D eigenvalue weighted by atomic mass is 10.2. The summed E-state index contributed by atoms with van der Waals surface area (Å²) in [4.78, 5) is 11.0. The Balaban J connectivity index is 1.64. The first-order valence-electron chi connectivity index (χ1n) is 6.07. The fourth-order valence-corrected chi connectivity index (χ4v) is 2.35. The van der Waals surface area contributed by atoms with Gasteiger partial charge in [-0.1, -0.05) is 23.3 Å². The van der Waals surface area contributed by atoms with E-state index < -0.39 is 4.92 Å². The summed E-state index contributed by atoms with van der Waals surface area (Å²) in [5.41, 5.74) is 0.952. The van der Waals surface area contributed by atoms with Crippen LogP contribution in [0.25, 0.3) is 10.8 Å². The zero-order chi connectivity index (χ0) is 14.7. The normalized spacial score (nSPS) is 10.5. The average molecular weight is 302 g/mol. The van der Waals surface area contributed by atoms with Gasteiger partial charge in [0.05, 0.1) is 9.80 Å². The third-order valence-electron chi connectivity index (χ3n) is 2.75. The molecule has 21 heavy (non-hydrogen) atoms. The van der Waals surface area contributed by atoms with E-state index in [1.165, 1.54) is 23.5 Å². The molecule has 0 amide bonds. The van der Waals surface area contributed by atoms with E-state index in [1.807, 2.05) is 17.5 Å². The van der Waals surface area contributed by atoms with Crippen LogP contribution in [0.15, 0.2) is 46.2 Å². The molecule has 7 nitrogen and oxygen atoms in total. The molecule has 3 rings (SSSR count). The summed E-state index contributed by atoms with van der Waals surface area (Å²) in [5.74, 6) is 0.469. The Morgan fingerprint density at radius 2 is 2.05 bits per heavy atom. The topological polar surface area (TPSA) is 94.1 Å². The van der Waals surface area contributed by atoms with Gasteiger partial charge in [-0.3, -0.25) is 10.1 Å². The zero-order valence-corrected chi connectivity index (χ0v) is 11.5. The fraction of sp³-hybridized carbons (Fsp3) is 0.0769. The molecule has 0 bridgehead atoms. The van der Waals surface area contributed by atoms with Crippen molar-refractivity contribution in [2.24, 2.45) is 0 Å². The first-order valence-corrected chi connectivity index (χ1v) is 6.95. The van der Waals surface area contributed by atoms with Gasteiger partial charge in [0.1, 0.15) is 0 Å². The molecule has 3 aromatic rings. The lowest BCUT2D eigenvalue weighted by Crippen LogP contribution is -1.99. The molecule has 0 fully saturated rings. The Morgan fingerprint density at radius 1 is 1.24 bits per heavy atom. The number of nitrogens with zero attached hydrogens (tertiary/aromatic N) is 3. The summed E-state index contributed by atoms with van der Waals surface area (Å²) in [6.07, 6.45) is 0. The summed E-state index contributed by atoms with van der Waals surface area (Å²) in [5, 5.41) is 23.3. The Hall–Kier alpha value is -2.74. The summed E-state index contributed by atoms with van der Waals surface area (Å²) >= 11 is 1.52. The standard InChI is InChI=1S/C13H10N4O3S/c18-17(19)10-5-3-9(4-6-10)8-14-13-16-15-12(20-13)11-2-1-7-21-11/h1-7H,8H2,(H,14,16). The van der Waals surface area contributed by atoms with Crippen LogP contribution in [-0.4, -0.2) is 15.1 Å². The maximum absolute atomic E-state index is 10.6. The molecular weight excluding hydrogens is 292 g/mol. The third kappa shape index (κ3) is 3.06. The molecule has 8 heteroatoms. The highest BCUT2D eigenvalue weighted by atomic mass is 32.1. The number of non-ortho nitro benzene ring substituents is 1. The number of nitro benzene ring substituents is 1. The molecule has 2 aromatic heterocycles. The molecule has 0 aliphatic carbocycles. The van der Waals surface area contributed by atoms with Gasteiger partial charge in [0.2, 0.25) is 0 Å². The highest BCUT2D eigenvalue weighted by molar-refractivity contribution is 7.13. The van der Waals surface area contributed by atoms with Crippen LogP contribution in [0.2, 0.25) is 0 Å². The third-order valence-corrected chi connectivity index (χ3v) is 3.61. The van der Waals surface area contributed by atoms with Crippen LogP contribution in [0.3, 0.4) is 0 Å². The average Bonchev–Trinajstić information content (AvgIpc) is 3.16. The predicted molar refractivity (Wildman–Crippen MR) is 78.0 cm³/mol. The van der Waals surface area contributed by atoms with Gasteiger partial charge in [-0.2, -0.15) is 0 Å². The van der Waals surface area contributed by atoms with Crippen LogP contribution >= 0.6 is 11.3 Å². The lowest BCUT2D eigenvalue weighted by Gasteiger charge is -2.01. The minimum atomic E-state index is -0.428. The minimum Gasteiger partial charge on any atom is -0.403 e. The fourth-order valence-electron chi connectivity index (χ4n) is 1.71. The molecule has 0 atom stereocenters. The van der Waals surface area contributed by atoms with Crippen molar-refractivity contribution in [2.75, 3.05) is 5.32 Å². The maximum Gasteiger partial charge on any atom is 0.316 e. The second-order valence-corrected chi connectivity index (χ2v) is 5.11. The SMILES string of the molecule is O=[N+]([O-])c1ccc(CNc2nnc(-c3cccs3)o2)cc1. The highest BCUT2D eigenvalue weighted by Crippen LogP contribution is 2.24. The number of hydrogen-bond donors (Lipinski definition) is 1. The lowest BCUT2D eigenvalue weighted by molar-refractivity contribution is -0.384. The summed E-state index contributed by atoms with van der Waals surface area (Å²) in [7, 11) is 0. The van der Waals surface area contributed by atoms with Crippen molar-refractivity contribution in [3.63, 3.8) is 0 Å². The molecule has 106 valence electrons. The summed E-state index contributed by atoms with van der Waals surface area (Å²) < 4.78 is 5.48. The quantitative estimate of drug-likeness (QED) is 0.574. The van der Waals surface area contributed by atoms with Gasteiger partial charge in [-0.15, -0.1) is 16.4 Å². The van der Waals surface area contributed by atoms with Crippen molar-refractivity contribution in [3.8, 4) is 10.8 Å². The maximum atomic E-state index is 10.6. The molecule has 1 aromatic carbocycles. The Morgan fingerprint density at radius 3 is 2.71 bits per heavy atom.